The number of nitrogens with two attached hydrogens (primary N) is 1. The molecule has 3 aliphatic heterocycles. The van der Waals surface area contributed by atoms with E-state index in [1.54, 1.807) is 43.3 Å². The molecule has 5 atom stereocenters. The molecule has 2 aromatic carbocycles. The highest BCUT2D eigenvalue weighted by Crippen LogP contribution is 2.57. The summed E-state index contributed by atoms with van der Waals surface area (Å²) >= 11 is 0. The Bertz CT molecular complexity index is 1900. The molecule has 14 heteroatoms. The number of ether oxygens (including phenoxy) is 1. The Morgan fingerprint density at radius 3 is 2.54 bits per heavy atom. The molecule has 52 heavy (non-hydrogen) atoms. The number of rotatable bonds is 6. The molecule has 0 aromatic heterocycles. The van der Waals surface area contributed by atoms with Crippen LogP contribution in [0.15, 0.2) is 54.6 Å². The number of nitrogens with one attached hydrogen (secondary N) is 2. The molecule has 3 heterocycles. The summed E-state index contributed by atoms with van der Waals surface area (Å²) in [5, 5.41) is 3.33. The average molecular weight is 736 g/mol. The fraction of sp³-hybridized carbons (Fsp3) is 0.526. The number of hydrogen-bond acceptors (Lipinski definition) is 9. The molecule has 0 bridgehead atoms. The fourth-order valence-electron chi connectivity index (χ4n) is 7.80. The lowest BCUT2D eigenvalue weighted by molar-refractivity contribution is -0.139. The number of ketones is 1. The lowest BCUT2D eigenvalue weighted by Crippen LogP contribution is -2.49. The van der Waals surface area contributed by atoms with Gasteiger partial charge in [0.2, 0.25) is 21.8 Å². The van der Waals surface area contributed by atoms with Crippen molar-refractivity contribution >= 4 is 45.1 Å². The number of anilines is 2. The summed E-state index contributed by atoms with van der Waals surface area (Å²) in [7, 11) is -3.95. The topological polar surface area (TPSA) is 168 Å². The maximum absolute atomic E-state index is 14.5. The van der Waals surface area contributed by atoms with Crippen molar-refractivity contribution in [3.05, 3.63) is 71.6 Å². The maximum atomic E-state index is 14.5. The molecule has 4 N–H and O–H groups in total. The van der Waals surface area contributed by atoms with Crippen molar-refractivity contribution in [2.75, 3.05) is 17.6 Å². The van der Waals surface area contributed by atoms with Crippen LogP contribution in [0.25, 0.3) is 0 Å². The third kappa shape index (κ3) is 7.13. The van der Waals surface area contributed by atoms with E-state index >= 15 is 0 Å². The molecule has 0 radical (unpaired) electrons. The smallest absolute Gasteiger partial charge is 0.410 e. The van der Waals surface area contributed by atoms with Gasteiger partial charge < -0.3 is 20.7 Å². The molecule has 278 valence electrons. The van der Waals surface area contributed by atoms with E-state index in [2.05, 4.69) is 10.0 Å². The number of hydrogen-bond donors (Lipinski definition) is 3. The summed E-state index contributed by atoms with van der Waals surface area (Å²) in [4.78, 5) is 59.0. The average Bonchev–Trinajstić information content (AvgIpc) is 3.90. The van der Waals surface area contributed by atoms with Gasteiger partial charge in [-0.25, -0.2) is 17.6 Å². The van der Waals surface area contributed by atoms with E-state index in [-0.39, 0.29) is 44.3 Å². The fourth-order valence-corrected chi connectivity index (χ4v) is 9.13. The zero-order valence-electron chi connectivity index (χ0n) is 29.3. The monoisotopic (exact) mass is 735 g/mol. The number of Topliss-reactive ketones (excluding diaryl/α,β-unsaturated/α-hetero) is 1. The Morgan fingerprint density at radius 2 is 1.81 bits per heavy atom. The summed E-state index contributed by atoms with van der Waals surface area (Å²) in [6.45, 7) is 1.76. The van der Waals surface area contributed by atoms with Crippen LogP contribution < -0.4 is 15.8 Å². The molecule has 5 aliphatic rings. The largest absolute Gasteiger partial charge is 0.444 e. The van der Waals surface area contributed by atoms with Crippen LogP contribution in [0.1, 0.15) is 82.3 Å². The summed E-state index contributed by atoms with van der Waals surface area (Å²) < 4.78 is 47.9. The Hall–Kier alpha value is -4.46. The van der Waals surface area contributed by atoms with Gasteiger partial charge in [0, 0.05) is 36.3 Å². The van der Waals surface area contributed by atoms with E-state index in [9.17, 15) is 32.0 Å². The Balaban J connectivity index is 1.15. The van der Waals surface area contributed by atoms with Crippen LogP contribution in [0.3, 0.4) is 0 Å². The zero-order valence-corrected chi connectivity index (χ0v) is 30.1. The van der Waals surface area contributed by atoms with E-state index in [1.807, 2.05) is 12.2 Å². The van der Waals surface area contributed by atoms with E-state index in [0.717, 1.165) is 25.7 Å². The van der Waals surface area contributed by atoms with Gasteiger partial charge in [-0.05, 0) is 87.3 Å². The predicted octanol–water partition coefficient (Wildman–Crippen LogP) is 4.79. The van der Waals surface area contributed by atoms with Crippen LogP contribution in [0.5, 0.6) is 0 Å². The number of halogens is 1. The van der Waals surface area contributed by atoms with Gasteiger partial charge in [-0.1, -0.05) is 37.1 Å². The number of carbonyl (C=O) groups is 4. The minimum absolute atomic E-state index is 0.00856. The van der Waals surface area contributed by atoms with Crippen molar-refractivity contribution in [2.24, 2.45) is 11.3 Å². The van der Waals surface area contributed by atoms with Gasteiger partial charge in [-0.2, -0.15) is 0 Å². The van der Waals surface area contributed by atoms with E-state index in [1.165, 1.54) is 15.9 Å². The molecular weight excluding hydrogens is 690 g/mol. The van der Waals surface area contributed by atoms with Gasteiger partial charge in [0.05, 0.1) is 29.3 Å². The molecule has 1 saturated heterocycles. The summed E-state index contributed by atoms with van der Waals surface area (Å²) in [5.74, 6) is -2.17. The minimum atomic E-state index is -3.95. The molecule has 3 fully saturated rings. The SMILES string of the molecule is CC1(S(=O)(=O)NC(=O)[C@]23CC(=O)[C@@H]4C[C@@H](OC(=O)N5Cc6cccc(F)c6C5)CN4C(=O)[C@@H](Nc4ccc(N)cc4)CCCCC/C=C\[C@@H]2C3)CC1. The first-order valence-electron chi connectivity index (χ1n) is 18.2. The lowest BCUT2D eigenvalue weighted by Gasteiger charge is -2.30. The number of carbonyl (C=O) groups excluding carboxylic acids is 4. The second-order valence-electron chi connectivity index (χ2n) is 15.4. The number of fused-ring (bicyclic) bond motifs is 3. The highest BCUT2D eigenvalue weighted by molar-refractivity contribution is 7.91. The molecule has 2 aromatic rings. The van der Waals surface area contributed by atoms with Gasteiger partial charge in [-0.15, -0.1) is 0 Å². The van der Waals surface area contributed by atoms with Crippen molar-refractivity contribution in [3.8, 4) is 0 Å². The van der Waals surface area contributed by atoms with Crippen LogP contribution in [-0.4, -0.2) is 71.4 Å². The molecule has 2 saturated carbocycles. The first-order chi connectivity index (χ1) is 24.8. The van der Waals surface area contributed by atoms with Crippen LogP contribution in [0.4, 0.5) is 20.6 Å². The first-order valence-corrected chi connectivity index (χ1v) is 19.7. The number of nitrogens with zero attached hydrogens (tertiary/aromatic N) is 2. The van der Waals surface area contributed by atoms with Gasteiger partial charge in [0.1, 0.15) is 18.0 Å². The Morgan fingerprint density at radius 1 is 1.04 bits per heavy atom. The van der Waals surface area contributed by atoms with Crippen molar-refractivity contribution in [2.45, 2.75) is 107 Å². The second-order valence-corrected chi connectivity index (χ2v) is 17.6. The normalized spacial score (nSPS) is 29.1. The molecular formula is C38H46FN5O7S. The molecule has 7 rings (SSSR count). The van der Waals surface area contributed by atoms with Crippen LogP contribution in [0.2, 0.25) is 0 Å². The maximum Gasteiger partial charge on any atom is 0.410 e. The third-order valence-electron chi connectivity index (χ3n) is 11.6. The summed E-state index contributed by atoms with van der Waals surface area (Å²) in [6, 6.07) is 9.98. The highest BCUT2D eigenvalue weighted by Gasteiger charge is 2.62. The number of amides is 3. The van der Waals surface area contributed by atoms with Crippen molar-refractivity contribution in [1.29, 1.82) is 0 Å². The molecule has 0 unspecified atom stereocenters. The first kappa shape index (κ1) is 35.9. The van der Waals surface area contributed by atoms with Crippen LogP contribution in [-0.2, 0) is 42.2 Å². The molecule has 12 nitrogen and oxygen atoms in total. The number of allylic oxidation sites excluding steroid dienone is 2. The minimum Gasteiger partial charge on any atom is -0.444 e. The zero-order chi connectivity index (χ0) is 36.8. The van der Waals surface area contributed by atoms with Gasteiger partial charge in [0.15, 0.2) is 5.78 Å². The second kappa shape index (κ2) is 13.8. The van der Waals surface area contributed by atoms with Gasteiger partial charge >= 0.3 is 6.09 Å². The lowest BCUT2D eigenvalue weighted by atomic mass is 9.91. The van der Waals surface area contributed by atoms with E-state index < -0.39 is 62.0 Å². The molecule has 3 amide bonds. The van der Waals surface area contributed by atoms with Crippen LogP contribution in [0, 0.1) is 17.2 Å². The quantitative estimate of drug-likeness (QED) is 0.279. The molecule has 2 aliphatic carbocycles. The predicted molar refractivity (Wildman–Crippen MR) is 191 cm³/mol. The number of nitrogen functional groups attached to an aromatic ring is 1. The van der Waals surface area contributed by atoms with Gasteiger partial charge in [-0.3, -0.25) is 24.0 Å². The third-order valence-corrected chi connectivity index (χ3v) is 13.7. The summed E-state index contributed by atoms with van der Waals surface area (Å²) in [5.41, 5.74) is 6.98. The van der Waals surface area contributed by atoms with Gasteiger partial charge in [0.25, 0.3) is 0 Å². The van der Waals surface area contributed by atoms with Crippen molar-refractivity contribution in [1.82, 2.24) is 14.5 Å². The standard InChI is InChI=1S/C38H46FN5O7S/c1-37(16-17-37)52(49,50)42-35(47)38-19-25(38)9-5-3-2-4-6-11-31(41-27-14-12-26(40)13-15-27)34(46)44-22-28(18-32(44)33(45)20-38)51-36(48)43-21-24-8-7-10-30(39)29(24)23-43/h5,7-10,12-15,25,28,31-32,41H,2-4,6,11,16-23,40H2,1H3,(H,42,47)/b9-5-/t25-,28-,31+,32+,38-/m1/s1. The van der Waals surface area contributed by atoms with Crippen molar-refractivity contribution < 1.29 is 36.7 Å². The molecule has 0 spiro atoms. The van der Waals surface area contributed by atoms with E-state index in [4.69, 9.17) is 10.5 Å². The van der Waals surface area contributed by atoms with Crippen LogP contribution >= 0.6 is 0 Å². The number of sulfonamides is 1. The Labute approximate surface area is 303 Å². The summed E-state index contributed by atoms with van der Waals surface area (Å²) in [6.07, 6.45) is 7.00. The Kier molecular flexibility index (Phi) is 9.55. The van der Waals surface area contributed by atoms with E-state index in [0.29, 0.717) is 48.2 Å². The number of benzene rings is 2. The highest BCUT2D eigenvalue weighted by atomic mass is 32.2. The van der Waals surface area contributed by atoms with Crippen molar-refractivity contribution in [3.63, 3.8) is 0 Å².